The van der Waals surface area contributed by atoms with E-state index in [1.807, 2.05) is 6.07 Å². The van der Waals surface area contributed by atoms with E-state index in [9.17, 15) is 0 Å². The Morgan fingerprint density at radius 2 is 2.00 bits per heavy atom. The first-order chi connectivity index (χ1) is 7.83. The lowest BCUT2D eigenvalue weighted by Gasteiger charge is -2.24. The fourth-order valence-corrected chi connectivity index (χ4v) is 3.14. The van der Waals surface area contributed by atoms with Gasteiger partial charge in [0.05, 0.1) is 12.3 Å². The number of nitrogens with one attached hydrogen (secondary N) is 1. The molecule has 16 heavy (non-hydrogen) atoms. The second-order valence-corrected chi connectivity index (χ2v) is 5.27. The molecule has 3 N–H and O–H groups in total. The van der Waals surface area contributed by atoms with Crippen LogP contribution in [0.5, 0.6) is 0 Å². The lowest BCUT2D eigenvalue weighted by Crippen LogP contribution is -2.33. The average Bonchev–Trinajstić information content (AvgIpc) is 2.57. The number of hydrazine groups is 1. The second kappa shape index (κ2) is 5.84. The smallest absolute Gasteiger partial charge is 0.173 e. The molecule has 0 amide bonds. The minimum atomic E-state index is 0.214. The zero-order valence-electron chi connectivity index (χ0n) is 9.42. The summed E-state index contributed by atoms with van der Waals surface area (Å²) in [7, 11) is 0. The monoisotopic (exact) mass is 286 g/mol. The van der Waals surface area contributed by atoms with Crippen LogP contribution in [0.1, 0.15) is 50.1 Å². The van der Waals surface area contributed by atoms with E-state index in [0.29, 0.717) is 5.92 Å². The lowest BCUT2D eigenvalue weighted by molar-refractivity contribution is 0.325. The molecule has 1 saturated carbocycles. The molecule has 1 aliphatic carbocycles. The molecule has 1 fully saturated rings. The van der Waals surface area contributed by atoms with Gasteiger partial charge in [0.25, 0.3) is 0 Å². The Balaban J connectivity index is 2.12. The first-order valence-electron chi connectivity index (χ1n) is 6.02. The van der Waals surface area contributed by atoms with Gasteiger partial charge in [-0.3, -0.25) is 11.3 Å². The van der Waals surface area contributed by atoms with Gasteiger partial charge in [-0.05, 0) is 40.8 Å². The Morgan fingerprint density at radius 3 is 2.50 bits per heavy atom. The van der Waals surface area contributed by atoms with Crippen LogP contribution in [0, 0.1) is 5.92 Å². The van der Waals surface area contributed by atoms with Crippen molar-refractivity contribution >= 4 is 15.9 Å². The van der Waals surface area contributed by atoms with Crippen LogP contribution in [0.2, 0.25) is 0 Å². The van der Waals surface area contributed by atoms with E-state index in [2.05, 4.69) is 21.4 Å². The summed E-state index contributed by atoms with van der Waals surface area (Å²) in [6.07, 6.45) is 9.58. The highest BCUT2D eigenvalue weighted by atomic mass is 79.9. The molecule has 1 aromatic heterocycles. The second-order valence-electron chi connectivity index (χ2n) is 4.55. The van der Waals surface area contributed by atoms with Crippen LogP contribution in [0.4, 0.5) is 0 Å². The maximum atomic E-state index is 5.70. The molecule has 4 heteroatoms. The van der Waals surface area contributed by atoms with Crippen molar-refractivity contribution in [2.75, 3.05) is 0 Å². The topological polar surface area (TPSA) is 51.2 Å². The Labute approximate surface area is 105 Å². The van der Waals surface area contributed by atoms with E-state index >= 15 is 0 Å². The summed E-state index contributed by atoms with van der Waals surface area (Å²) in [4.78, 5) is 0. The van der Waals surface area contributed by atoms with E-state index in [1.165, 1.54) is 38.5 Å². The first-order valence-corrected chi connectivity index (χ1v) is 6.81. The maximum absolute atomic E-state index is 5.70. The quantitative estimate of drug-likeness (QED) is 0.508. The SMILES string of the molecule is NNC(c1ccoc1Br)C1CCCCCC1. The molecule has 3 nitrogen and oxygen atoms in total. The van der Waals surface area contributed by atoms with Gasteiger partial charge >= 0.3 is 0 Å². The summed E-state index contributed by atoms with van der Waals surface area (Å²) in [5.41, 5.74) is 4.10. The number of hydrogen-bond donors (Lipinski definition) is 2. The molecular weight excluding hydrogens is 268 g/mol. The molecule has 0 aromatic carbocycles. The van der Waals surface area contributed by atoms with Crippen LogP contribution in [0.15, 0.2) is 21.4 Å². The highest BCUT2D eigenvalue weighted by molar-refractivity contribution is 9.10. The average molecular weight is 287 g/mol. The standard InChI is InChI=1S/C12H19BrN2O/c13-12-10(7-8-16-12)11(15-14)9-5-3-1-2-4-6-9/h7-9,11,15H,1-6,14H2. The van der Waals surface area contributed by atoms with E-state index in [1.54, 1.807) is 6.26 Å². The van der Waals surface area contributed by atoms with Crippen molar-refractivity contribution in [3.63, 3.8) is 0 Å². The van der Waals surface area contributed by atoms with Crippen LogP contribution < -0.4 is 11.3 Å². The summed E-state index contributed by atoms with van der Waals surface area (Å²) in [6.45, 7) is 0. The zero-order chi connectivity index (χ0) is 11.4. The largest absolute Gasteiger partial charge is 0.457 e. The van der Waals surface area contributed by atoms with Gasteiger partial charge in [0, 0.05) is 5.56 Å². The predicted octanol–water partition coefficient (Wildman–Crippen LogP) is 3.52. The molecule has 0 spiro atoms. The third-order valence-electron chi connectivity index (χ3n) is 3.53. The lowest BCUT2D eigenvalue weighted by atomic mass is 9.89. The molecule has 1 unspecified atom stereocenters. The van der Waals surface area contributed by atoms with Gasteiger partial charge in [-0.2, -0.15) is 0 Å². The Morgan fingerprint density at radius 1 is 1.31 bits per heavy atom. The number of nitrogens with two attached hydrogens (primary N) is 1. The predicted molar refractivity (Wildman–Crippen MR) is 67.7 cm³/mol. The molecule has 0 radical (unpaired) electrons. The molecular formula is C12H19BrN2O. The number of hydrogen-bond acceptors (Lipinski definition) is 3. The van der Waals surface area contributed by atoms with Gasteiger partial charge < -0.3 is 4.42 Å². The highest BCUT2D eigenvalue weighted by Crippen LogP contribution is 2.36. The van der Waals surface area contributed by atoms with Crippen molar-refractivity contribution < 1.29 is 4.42 Å². The van der Waals surface area contributed by atoms with Crippen molar-refractivity contribution in [3.05, 3.63) is 22.6 Å². The maximum Gasteiger partial charge on any atom is 0.173 e. The number of halogens is 1. The molecule has 1 heterocycles. The summed E-state index contributed by atoms with van der Waals surface area (Å²) in [6, 6.07) is 2.21. The van der Waals surface area contributed by atoms with E-state index in [-0.39, 0.29) is 6.04 Å². The van der Waals surface area contributed by atoms with Gasteiger partial charge in [-0.15, -0.1) is 0 Å². The minimum absolute atomic E-state index is 0.214. The Hall–Kier alpha value is -0.320. The molecule has 0 saturated heterocycles. The van der Waals surface area contributed by atoms with Gasteiger partial charge in [-0.25, -0.2) is 0 Å². The van der Waals surface area contributed by atoms with Crippen LogP contribution in [-0.4, -0.2) is 0 Å². The Bertz CT molecular complexity index is 319. The zero-order valence-corrected chi connectivity index (χ0v) is 11.0. The van der Waals surface area contributed by atoms with Crippen LogP contribution in [0.3, 0.4) is 0 Å². The molecule has 0 aliphatic heterocycles. The summed E-state index contributed by atoms with van der Waals surface area (Å²) in [5.74, 6) is 6.33. The molecule has 0 bridgehead atoms. The van der Waals surface area contributed by atoms with Crippen molar-refractivity contribution in [3.8, 4) is 0 Å². The van der Waals surface area contributed by atoms with E-state index in [0.717, 1.165) is 10.2 Å². The van der Waals surface area contributed by atoms with Crippen LogP contribution in [0.25, 0.3) is 0 Å². The molecule has 1 aliphatic rings. The first kappa shape index (κ1) is 12.1. The summed E-state index contributed by atoms with van der Waals surface area (Å²) >= 11 is 3.43. The number of furan rings is 1. The third-order valence-corrected chi connectivity index (χ3v) is 4.18. The molecule has 90 valence electrons. The van der Waals surface area contributed by atoms with Crippen molar-refractivity contribution in [1.82, 2.24) is 5.43 Å². The van der Waals surface area contributed by atoms with Gasteiger partial charge in [-0.1, -0.05) is 25.7 Å². The van der Waals surface area contributed by atoms with Crippen molar-refractivity contribution in [2.24, 2.45) is 11.8 Å². The molecule has 1 aromatic rings. The van der Waals surface area contributed by atoms with Crippen molar-refractivity contribution in [2.45, 2.75) is 44.6 Å². The number of rotatable bonds is 3. The van der Waals surface area contributed by atoms with Crippen LogP contribution >= 0.6 is 15.9 Å². The summed E-state index contributed by atoms with van der Waals surface area (Å²) < 4.78 is 6.10. The highest BCUT2D eigenvalue weighted by Gasteiger charge is 2.25. The summed E-state index contributed by atoms with van der Waals surface area (Å²) in [5, 5.41) is 0. The minimum Gasteiger partial charge on any atom is -0.457 e. The molecule has 2 rings (SSSR count). The van der Waals surface area contributed by atoms with Crippen molar-refractivity contribution in [1.29, 1.82) is 0 Å². The Kier molecular flexibility index (Phi) is 4.44. The van der Waals surface area contributed by atoms with Gasteiger partial charge in [0.2, 0.25) is 0 Å². The van der Waals surface area contributed by atoms with Gasteiger partial charge in [0.15, 0.2) is 4.67 Å². The third kappa shape index (κ3) is 2.67. The van der Waals surface area contributed by atoms with Crippen LogP contribution in [-0.2, 0) is 0 Å². The van der Waals surface area contributed by atoms with E-state index in [4.69, 9.17) is 10.3 Å². The fraction of sp³-hybridized carbons (Fsp3) is 0.667. The van der Waals surface area contributed by atoms with E-state index < -0.39 is 0 Å². The fourth-order valence-electron chi connectivity index (χ4n) is 2.65. The normalized spacial score (nSPS) is 20.6. The molecule has 1 atom stereocenters. The van der Waals surface area contributed by atoms with Gasteiger partial charge in [0.1, 0.15) is 0 Å².